The Morgan fingerprint density at radius 2 is 0.915 bits per heavy atom. The molecule has 246 valence electrons. The maximum Gasteiger partial charge on any atom is 0.185 e. The zero-order valence-electron chi connectivity index (χ0n) is 27.7. The number of unbranched alkanes of at least 4 members (excludes halogenated alkanes) is 7. The zero-order chi connectivity index (χ0) is 32.9. The van der Waals surface area contributed by atoms with Crippen LogP contribution in [0.15, 0.2) is 116 Å². The van der Waals surface area contributed by atoms with Crippen LogP contribution >= 0.6 is 0 Å². The molecule has 4 aromatic carbocycles. The molecule has 0 unspecified atom stereocenters. The largest absolute Gasteiger partial charge is 0.494 e. The molecule has 47 heavy (non-hydrogen) atoms. The van der Waals surface area contributed by atoms with Crippen LogP contribution in [0.3, 0.4) is 0 Å². The number of benzene rings is 4. The van der Waals surface area contributed by atoms with Gasteiger partial charge in [0, 0.05) is 5.56 Å². The molecule has 0 saturated heterocycles. The van der Waals surface area contributed by atoms with Crippen molar-refractivity contribution < 1.29 is 23.7 Å². The maximum atomic E-state index is 12.2. The lowest BCUT2D eigenvalue weighted by atomic mass is 10.1. The first-order valence-corrected chi connectivity index (χ1v) is 16.8. The summed E-state index contributed by atoms with van der Waals surface area (Å²) in [5.74, 6) is 3.32. The van der Waals surface area contributed by atoms with Crippen molar-refractivity contribution in [1.29, 1.82) is 0 Å². The van der Waals surface area contributed by atoms with E-state index in [1.807, 2.05) is 104 Å². The molecular weight excluding hydrogens is 584 g/mol. The predicted molar refractivity (Wildman–Crippen MR) is 193 cm³/mol. The van der Waals surface area contributed by atoms with Gasteiger partial charge in [0.15, 0.2) is 5.78 Å². The van der Waals surface area contributed by atoms with E-state index < -0.39 is 0 Å². The van der Waals surface area contributed by atoms with Crippen LogP contribution in [0.5, 0.6) is 23.0 Å². The summed E-state index contributed by atoms with van der Waals surface area (Å²) in [6, 6.07) is 32.8. The Hall–Kier alpha value is -4.77. The van der Waals surface area contributed by atoms with Crippen molar-refractivity contribution >= 4 is 17.4 Å². The summed E-state index contributed by atoms with van der Waals surface area (Å²) in [7, 11) is 0. The van der Waals surface area contributed by atoms with Crippen molar-refractivity contribution in [3.05, 3.63) is 132 Å². The smallest absolute Gasteiger partial charge is 0.185 e. The first-order valence-electron chi connectivity index (χ1n) is 16.8. The molecule has 0 N–H and O–H groups in total. The minimum absolute atomic E-state index is 0.0176. The first kappa shape index (κ1) is 35.1. The number of rotatable bonds is 22. The summed E-state index contributed by atoms with van der Waals surface area (Å²) in [5, 5.41) is 0. The van der Waals surface area contributed by atoms with Crippen molar-refractivity contribution in [2.45, 2.75) is 58.3 Å². The number of hydrogen-bond acceptors (Lipinski definition) is 5. The Balaban J connectivity index is 0.966. The number of ether oxygens (including phenoxy) is 4. The molecule has 5 heteroatoms. The molecule has 5 nitrogen and oxygen atoms in total. The van der Waals surface area contributed by atoms with Crippen LogP contribution in [-0.4, -0.2) is 32.2 Å². The van der Waals surface area contributed by atoms with Crippen molar-refractivity contribution in [2.75, 3.05) is 26.4 Å². The third-order valence-corrected chi connectivity index (χ3v) is 7.73. The van der Waals surface area contributed by atoms with E-state index in [9.17, 15) is 4.79 Å². The number of allylic oxidation sites excluding steroid dienone is 2. The molecule has 0 aliphatic carbocycles. The van der Waals surface area contributed by atoms with E-state index in [1.54, 1.807) is 6.08 Å². The lowest BCUT2D eigenvalue weighted by Crippen LogP contribution is -2.08. The van der Waals surface area contributed by atoms with E-state index in [0.717, 1.165) is 65.8 Å². The van der Waals surface area contributed by atoms with Crippen LogP contribution in [-0.2, 0) is 0 Å². The third-order valence-electron chi connectivity index (χ3n) is 7.73. The summed E-state index contributed by atoms with van der Waals surface area (Å²) in [4.78, 5) is 12.2. The molecule has 0 amide bonds. The van der Waals surface area contributed by atoms with Crippen LogP contribution in [0, 0.1) is 0 Å². The molecule has 0 heterocycles. The molecule has 0 aliphatic rings. The van der Waals surface area contributed by atoms with Crippen molar-refractivity contribution in [1.82, 2.24) is 0 Å². The average molecular weight is 633 g/mol. The molecule has 0 radical (unpaired) electrons. The van der Waals surface area contributed by atoms with Crippen molar-refractivity contribution in [3.63, 3.8) is 0 Å². The summed E-state index contributed by atoms with van der Waals surface area (Å²) >= 11 is 0. The lowest BCUT2D eigenvalue weighted by molar-refractivity contribution is 0.104. The van der Waals surface area contributed by atoms with E-state index in [4.69, 9.17) is 18.9 Å². The minimum atomic E-state index is -0.0176. The van der Waals surface area contributed by atoms with E-state index in [1.165, 1.54) is 38.5 Å². The van der Waals surface area contributed by atoms with E-state index >= 15 is 0 Å². The second kappa shape index (κ2) is 20.4. The van der Waals surface area contributed by atoms with Crippen LogP contribution in [0.2, 0.25) is 0 Å². The van der Waals surface area contributed by atoms with E-state index in [0.29, 0.717) is 18.8 Å². The first-order chi connectivity index (χ1) is 23.1. The molecule has 0 fully saturated rings. The van der Waals surface area contributed by atoms with Crippen LogP contribution < -0.4 is 18.9 Å². The summed E-state index contributed by atoms with van der Waals surface area (Å²) in [6.07, 6.45) is 13.0. The molecule has 0 aliphatic heterocycles. The average Bonchev–Trinajstić information content (AvgIpc) is 3.11. The lowest BCUT2D eigenvalue weighted by Gasteiger charge is -2.10. The van der Waals surface area contributed by atoms with Gasteiger partial charge >= 0.3 is 0 Å². The highest BCUT2D eigenvalue weighted by Crippen LogP contribution is 2.20. The summed E-state index contributed by atoms with van der Waals surface area (Å²) in [6.45, 7) is 8.36. The minimum Gasteiger partial charge on any atom is -0.494 e. The highest BCUT2D eigenvalue weighted by atomic mass is 16.5. The SMILES string of the molecule is C=C(C)c1ccc(OCCCCCCCCCCOc2ccc(OCCOc3ccc(C=CC(=O)c4ccccc4)cc3)cc2)cc1. The van der Waals surface area contributed by atoms with Gasteiger partial charge in [-0.1, -0.05) is 111 Å². The normalized spacial score (nSPS) is 10.9. The Kier molecular flexibility index (Phi) is 15.2. The summed E-state index contributed by atoms with van der Waals surface area (Å²) < 4.78 is 23.4. The van der Waals surface area contributed by atoms with Crippen LogP contribution in [0.1, 0.15) is 79.8 Å². The molecule has 0 saturated carbocycles. The maximum absolute atomic E-state index is 12.2. The standard InChI is InChI=1S/C42H48O5/c1-34(2)36-19-23-39(24-20-36)44-30-12-7-5-3-4-6-8-13-31-45-40-25-27-41(28-26-40)47-33-32-46-38-21-16-35(17-22-38)18-29-42(43)37-14-10-9-11-15-37/h9-11,14-29H,1,3-8,12-13,30-33H2,2H3. The quantitative estimate of drug-likeness (QED) is 0.0490. The molecular formula is C42H48O5. The topological polar surface area (TPSA) is 54.0 Å². The van der Waals surface area contributed by atoms with Crippen molar-refractivity contribution in [3.8, 4) is 23.0 Å². The predicted octanol–water partition coefficient (Wildman–Crippen LogP) is 10.7. The highest BCUT2D eigenvalue weighted by molar-refractivity contribution is 6.06. The fraction of sp³-hybridized carbons (Fsp3) is 0.310. The Morgan fingerprint density at radius 3 is 1.38 bits per heavy atom. The van der Waals surface area contributed by atoms with Crippen LogP contribution in [0.4, 0.5) is 0 Å². The monoisotopic (exact) mass is 632 g/mol. The second-order valence-corrected chi connectivity index (χ2v) is 11.6. The number of ketones is 1. The van der Waals surface area contributed by atoms with Gasteiger partial charge in [0.05, 0.1) is 13.2 Å². The van der Waals surface area contributed by atoms with Gasteiger partial charge in [-0.15, -0.1) is 0 Å². The van der Waals surface area contributed by atoms with Crippen molar-refractivity contribution in [2.24, 2.45) is 0 Å². The molecule has 4 rings (SSSR count). The van der Waals surface area contributed by atoms with Gasteiger partial charge in [0.1, 0.15) is 36.2 Å². The fourth-order valence-electron chi connectivity index (χ4n) is 4.98. The Labute approximate surface area is 280 Å². The summed E-state index contributed by atoms with van der Waals surface area (Å²) in [5.41, 5.74) is 3.85. The van der Waals surface area contributed by atoms with Gasteiger partial charge in [-0.05, 0) is 85.5 Å². The number of carbonyl (C=O) groups excluding carboxylic acids is 1. The Morgan fingerprint density at radius 1 is 0.511 bits per heavy atom. The highest BCUT2D eigenvalue weighted by Gasteiger charge is 2.02. The molecule has 4 aromatic rings. The van der Waals surface area contributed by atoms with Crippen LogP contribution in [0.25, 0.3) is 11.6 Å². The van der Waals surface area contributed by atoms with Gasteiger partial charge in [-0.25, -0.2) is 0 Å². The molecule has 0 spiro atoms. The fourth-order valence-corrected chi connectivity index (χ4v) is 4.98. The van der Waals surface area contributed by atoms with Gasteiger partial charge in [-0.2, -0.15) is 0 Å². The zero-order valence-corrected chi connectivity index (χ0v) is 27.7. The van der Waals surface area contributed by atoms with Gasteiger partial charge in [0.2, 0.25) is 0 Å². The van der Waals surface area contributed by atoms with E-state index in [-0.39, 0.29) is 5.78 Å². The second-order valence-electron chi connectivity index (χ2n) is 11.6. The van der Waals surface area contributed by atoms with Gasteiger partial charge in [0.25, 0.3) is 0 Å². The molecule has 0 bridgehead atoms. The van der Waals surface area contributed by atoms with Gasteiger partial charge in [-0.3, -0.25) is 4.79 Å². The van der Waals surface area contributed by atoms with Gasteiger partial charge < -0.3 is 18.9 Å². The van der Waals surface area contributed by atoms with E-state index in [2.05, 4.69) is 18.7 Å². The molecule has 0 aromatic heterocycles. The Bertz CT molecular complexity index is 1490. The third kappa shape index (κ3) is 13.6. The molecule has 0 atom stereocenters. The number of carbonyl (C=O) groups is 1. The number of hydrogen-bond donors (Lipinski definition) is 0.